The molecule has 0 saturated carbocycles. The molecule has 2 nitrogen and oxygen atoms in total. The molecule has 0 aliphatic rings. The van der Waals surface area contributed by atoms with Crippen LogP contribution in [0.2, 0.25) is 5.02 Å². The van der Waals surface area contributed by atoms with E-state index < -0.39 is 0 Å². The van der Waals surface area contributed by atoms with Crippen LogP contribution in [0.15, 0.2) is 21.1 Å². The van der Waals surface area contributed by atoms with Gasteiger partial charge in [0.05, 0.1) is 5.69 Å². The average molecular weight is 310 g/mol. The third-order valence-electron chi connectivity index (χ3n) is 1.19. The Kier molecular flexibility index (Phi) is 3.39. The van der Waals surface area contributed by atoms with E-state index in [1.165, 1.54) is 0 Å². The van der Waals surface area contributed by atoms with E-state index >= 15 is 0 Å². The van der Waals surface area contributed by atoms with Crippen molar-refractivity contribution in [3.05, 3.63) is 26.1 Å². The summed E-state index contributed by atoms with van der Waals surface area (Å²) < 4.78 is 1.51. The summed E-state index contributed by atoms with van der Waals surface area (Å²) in [5.74, 6) is 0. The van der Waals surface area contributed by atoms with Gasteiger partial charge >= 0.3 is 0 Å². The van der Waals surface area contributed by atoms with E-state index in [1.807, 2.05) is 6.19 Å². The Morgan fingerprint density at radius 3 is 2.25 bits per heavy atom. The Bertz CT molecular complexity index is 323. The molecule has 0 heterocycles. The molecule has 0 aromatic heterocycles. The first-order valence-corrected chi connectivity index (χ1v) is 4.91. The highest BCUT2D eigenvalue weighted by molar-refractivity contribution is 9.11. The molecule has 62 valence electrons. The number of hydrogen-bond donors (Lipinski definition) is 1. The quantitative estimate of drug-likeness (QED) is 0.633. The van der Waals surface area contributed by atoms with Gasteiger partial charge in [0, 0.05) is 14.0 Å². The zero-order chi connectivity index (χ0) is 9.14. The van der Waals surface area contributed by atoms with E-state index in [1.54, 1.807) is 12.1 Å². The number of nitrogens with one attached hydrogen (secondary N) is 1. The lowest BCUT2D eigenvalue weighted by Crippen LogP contribution is -1.89. The largest absolute Gasteiger partial charge is 0.291 e. The molecule has 1 aromatic rings. The van der Waals surface area contributed by atoms with Crippen molar-refractivity contribution in [3.8, 4) is 6.19 Å². The molecule has 0 fully saturated rings. The molecule has 0 spiro atoms. The third kappa shape index (κ3) is 2.13. The second-order valence-electron chi connectivity index (χ2n) is 1.98. The van der Waals surface area contributed by atoms with Crippen LogP contribution in [-0.4, -0.2) is 0 Å². The molecule has 0 amide bonds. The smallest absolute Gasteiger partial charge is 0.181 e. The van der Waals surface area contributed by atoms with Gasteiger partial charge in [-0.2, -0.15) is 5.26 Å². The van der Waals surface area contributed by atoms with Crippen LogP contribution in [0.1, 0.15) is 0 Å². The highest BCUT2D eigenvalue weighted by Gasteiger charge is 2.05. The molecule has 0 aliphatic heterocycles. The number of benzene rings is 1. The second kappa shape index (κ2) is 4.13. The Labute approximate surface area is 91.8 Å². The van der Waals surface area contributed by atoms with Gasteiger partial charge in [0.25, 0.3) is 0 Å². The minimum atomic E-state index is 0.609. The fourth-order valence-corrected chi connectivity index (χ4v) is 2.58. The van der Waals surface area contributed by atoms with Crippen molar-refractivity contribution in [2.75, 3.05) is 5.32 Å². The highest BCUT2D eigenvalue weighted by atomic mass is 79.9. The molecule has 1 rings (SSSR count). The topological polar surface area (TPSA) is 35.8 Å². The number of nitrogens with zero attached hydrogens (tertiary/aromatic N) is 1. The van der Waals surface area contributed by atoms with Crippen molar-refractivity contribution >= 4 is 49.1 Å². The first-order valence-electron chi connectivity index (χ1n) is 2.95. The van der Waals surface area contributed by atoms with Gasteiger partial charge in [0.2, 0.25) is 0 Å². The van der Waals surface area contributed by atoms with Crippen molar-refractivity contribution in [2.45, 2.75) is 0 Å². The van der Waals surface area contributed by atoms with E-state index in [2.05, 4.69) is 37.2 Å². The fourth-order valence-electron chi connectivity index (χ4n) is 0.718. The van der Waals surface area contributed by atoms with Gasteiger partial charge in [-0.25, -0.2) is 0 Å². The summed E-state index contributed by atoms with van der Waals surface area (Å²) in [6.45, 7) is 0. The number of halogens is 3. The van der Waals surface area contributed by atoms with Crippen LogP contribution < -0.4 is 5.32 Å². The van der Waals surface area contributed by atoms with E-state index in [0.717, 1.165) is 8.95 Å². The summed E-state index contributed by atoms with van der Waals surface area (Å²) in [5, 5.41) is 11.5. The molecular weight excluding hydrogens is 307 g/mol. The number of nitriles is 1. The Hall–Kier alpha value is -0.240. The maximum atomic E-state index is 8.40. The zero-order valence-electron chi connectivity index (χ0n) is 5.74. The lowest BCUT2D eigenvalue weighted by molar-refractivity contribution is 1.45. The zero-order valence-corrected chi connectivity index (χ0v) is 9.66. The lowest BCUT2D eigenvalue weighted by atomic mass is 10.3. The van der Waals surface area contributed by atoms with Crippen molar-refractivity contribution in [1.29, 1.82) is 5.26 Å². The first kappa shape index (κ1) is 9.85. The predicted molar refractivity (Wildman–Crippen MR) is 56.1 cm³/mol. The monoisotopic (exact) mass is 308 g/mol. The maximum Gasteiger partial charge on any atom is 0.181 e. The lowest BCUT2D eigenvalue weighted by Gasteiger charge is -2.04. The normalized spacial score (nSPS) is 9.17. The molecule has 0 aliphatic carbocycles. The Morgan fingerprint density at radius 2 is 1.83 bits per heavy atom. The van der Waals surface area contributed by atoms with Gasteiger partial charge in [0.1, 0.15) is 0 Å². The summed E-state index contributed by atoms with van der Waals surface area (Å²) in [5.41, 5.74) is 0.682. The van der Waals surface area contributed by atoms with Crippen molar-refractivity contribution in [2.24, 2.45) is 0 Å². The predicted octanol–water partition coefficient (Wildman–Crippen LogP) is 3.76. The van der Waals surface area contributed by atoms with Crippen LogP contribution in [0, 0.1) is 11.5 Å². The van der Waals surface area contributed by atoms with E-state index in [4.69, 9.17) is 16.9 Å². The molecule has 0 unspecified atom stereocenters. The SMILES string of the molecule is N#CNc1c(Br)cc(Cl)cc1Br. The third-order valence-corrected chi connectivity index (χ3v) is 2.66. The van der Waals surface area contributed by atoms with Crippen molar-refractivity contribution in [3.63, 3.8) is 0 Å². The first-order chi connectivity index (χ1) is 5.65. The summed E-state index contributed by atoms with van der Waals surface area (Å²) in [7, 11) is 0. The van der Waals surface area contributed by atoms with Gasteiger partial charge in [-0.1, -0.05) is 11.6 Å². The minimum absolute atomic E-state index is 0.609. The molecular formula is C7H3Br2ClN2. The Balaban J connectivity index is 3.21. The molecule has 0 bridgehead atoms. The average Bonchev–Trinajstić information content (AvgIpc) is 1.96. The molecule has 0 atom stereocenters. The van der Waals surface area contributed by atoms with Gasteiger partial charge in [-0.15, -0.1) is 0 Å². The van der Waals surface area contributed by atoms with Gasteiger partial charge < -0.3 is 0 Å². The van der Waals surface area contributed by atoms with E-state index in [9.17, 15) is 0 Å². The van der Waals surface area contributed by atoms with Crippen LogP contribution in [0.25, 0.3) is 0 Å². The molecule has 0 radical (unpaired) electrons. The minimum Gasteiger partial charge on any atom is -0.291 e. The molecule has 1 aromatic carbocycles. The Morgan fingerprint density at radius 1 is 1.33 bits per heavy atom. The van der Waals surface area contributed by atoms with Crippen molar-refractivity contribution < 1.29 is 0 Å². The number of anilines is 1. The highest BCUT2D eigenvalue weighted by Crippen LogP contribution is 2.33. The van der Waals surface area contributed by atoms with E-state index in [-0.39, 0.29) is 0 Å². The van der Waals surface area contributed by atoms with Gasteiger partial charge in [-0.05, 0) is 44.0 Å². The number of rotatable bonds is 1. The van der Waals surface area contributed by atoms with Gasteiger partial charge in [-0.3, -0.25) is 5.32 Å². The number of hydrogen-bond acceptors (Lipinski definition) is 2. The molecule has 12 heavy (non-hydrogen) atoms. The second-order valence-corrected chi connectivity index (χ2v) is 4.13. The summed E-state index contributed by atoms with van der Waals surface area (Å²) in [6, 6.07) is 3.43. The van der Waals surface area contributed by atoms with Crippen LogP contribution in [0.5, 0.6) is 0 Å². The van der Waals surface area contributed by atoms with Crippen LogP contribution in [0.3, 0.4) is 0 Å². The van der Waals surface area contributed by atoms with Crippen LogP contribution in [-0.2, 0) is 0 Å². The molecule has 0 saturated heterocycles. The summed E-state index contributed by atoms with van der Waals surface area (Å²) in [6.07, 6.45) is 1.83. The van der Waals surface area contributed by atoms with Crippen LogP contribution in [0.4, 0.5) is 5.69 Å². The van der Waals surface area contributed by atoms with Crippen molar-refractivity contribution in [1.82, 2.24) is 0 Å². The summed E-state index contributed by atoms with van der Waals surface area (Å²) >= 11 is 12.3. The maximum absolute atomic E-state index is 8.40. The molecule has 1 N–H and O–H groups in total. The molecule has 5 heteroatoms. The summed E-state index contributed by atoms with van der Waals surface area (Å²) in [4.78, 5) is 0. The fraction of sp³-hybridized carbons (Fsp3) is 0. The van der Waals surface area contributed by atoms with Gasteiger partial charge in [0.15, 0.2) is 6.19 Å². The van der Waals surface area contributed by atoms with E-state index in [0.29, 0.717) is 10.7 Å². The standard InChI is InChI=1S/C7H3Br2ClN2/c8-5-1-4(10)2-6(9)7(5)12-3-11/h1-2,12H. The van der Waals surface area contributed by atoms with Crippen LogP contribution >= 0.6 is 43.5 Å².